The quantitative estimate of drug-likeness (QED) is 0.162. The third kappa shape index (κ3) is 22.5. The zero-order valence-corrected chi connectivity index (χ0v) is 23.6. The normalized spacial score (nSPS) is 13.8. The second-order valence-electron chi connectivity index (χ2n) is 8.52. The van der Waals surface area contributed by atoms with Gasteiger partial charge in [0.1, 0.15) is 0 Å². The zero-order valence-electron chi connectivity index (χ0n) is 19.7. The summed E-state index contributed by atoms with van der Waals surface area (Å²) in [6, 6.07) is 0. The van der Waals surface area contributed by atoms with Crippen molar-refractivity contribution in [1.82, 2.24) is 0 Å². The van der Waals surface area contributed by atoms with Gasteiger partial charge in [-0.25, -0.2) is 8.42 Å². The molecule has 0 aliphatic heterocycles. The largest absolute Gasteiger partial charge is 1.00 e. The van der Waals surface area contributed by atoms with Crippen molar-refractivity contribution in [3.63, 3.8) is 0 Å². The fourth-order valence-electron chi connectivity index (χ4n) is 3.82. The molecule has 0 heterocycles. The van der Waals surface area contributed by atoms with Gasteiger partial charge in [0, 0.05) is 5.25 Å². The monoisotopic (exact) mass is 458 g/mol. The second kappa shape index (κ2) is 22.7. The molecule has 2 unspecified atom stereocenters. The van der Waals surface area contributed by atoms with E-state index in [0.717, 1.165) is 64.2 Å². The minimum absolute atomic E-state index is 0. The predicted octanol–water partition coefficient (Wildman–Crippen LogP) is 3.72. The van der Waals surface area contributed by atoms with Crippen LogP contribution in [0.15, 0.2) is 0 Å². The fourth-order valence-corrected chi connectivity index (χ4v) is 4.73. The van der Waals surface area contributed by atoms with Crippen LogP contribution in [0.5, 0.6) is 0 Å². The van der Waals surface area contributed by atoms with Crippen LogP contribution in [0.25, 0.3) is 0 Å². The first-order valence-corrected chi connectivity index (χ1v) is 13.5. The Balaban J connectivity index is 0. The van der Waals surface area contributed by atoms with Gasteiger partial charge < -0.3 is 9.66 Å². The second-order valence-corrected chi connectivity index (χ2v) is 10.2. The molecule has 0 rings (SSSR count). The Kier molecular flexibility index (Phi) is 25.6. The van der Waals surface area contributed by atoms with Crippen LogP contribution < -0.4 is 51.4 Å². The van der Waals surface area contributed by atoms with Gasteiger partial charge in [0.05, 0.1) is 16.2 Å². The number of unbranched alkanes of at least 4 members (excludes halogenated alkanes) is 12. The summed E-state index contributed by atoms with van der Waals surface area (Å²) in [4.78, 5) is 0. The number of aliphatic hydroxyl groups excluding tert-OH is 1. The molecule has 0 spiro atoms. The van der Waals surface area contributed by atoms with E-state index >= 15 is 0 Å². The van der Waals surface area contributed by atoms with Crippen LogP contribution in [0.1, 0.15) is 136 Å². The topological polar surface area (TPSA) is 77.4 Å². The number of aliphatic hydroxyl groups is 1. The first-order valence-electron chi connectivity index (χ1n) is 12.0. The van der Waals surface area contributed by atoms with Crippen LogP contribution in [0.4, 0.5) is 0 Å². The van der Waals surface area contributed by atoms with Crippen LogP contribution in [0, 0.1) is 0 Å². The summed E-state index contributed by atoms with van der Waals surface area (Å²) >= 11 is 0. The third-order valence-electron chi connectivity index (χ3n) is 5.74. The molecule has 0 bridgehead atoms. The van der Waals surface area contributed by atoms with E-state index in [-0.39, 0.29) is 57.5 Å². The molecule has 29 heavy (non-hydrogen) atoms. The molecule has 0 aromatic rings. The molecule has 0 fully saturated rings. The number of hydrogen-bond acceptors (Lipinski definition) is 4. The molecule has 170 valence electrons. The molecule has 4 nitrogen and oxygen atoms in total. The van der Waals surface area contributed by atoms with Crippen molar-refractivity contribution in [2.75, 3.05) is 0 Å². The first kappa shape index (κ1) is 32.7. The minimum atomic E-state index is -4.18. The van der Waals surface area contributed by atoms with E-state index in [4.69, 9.17) is 0 Å². The van der Waals surface area contributed by atoms with E-state index in [1.54, 1.807) is 0 Å². The van der Waals surface area contributed by atoms with Crippen molar-refractivity contribution < 1.29 is 69.5 Å². The Labute approximate surface area is 224 Å². The van der Waals surface area contributed by atoms with Crippen LogP contribution in [0.3, 0.4) is 0 Å². The van der Waals surface area contributed by atoms with Crippen molar-refractivity contribution in [1.29, 1.82) is 0 Å². The van der Waals surface area contributed by atoms with Crippen molar-refractivity contribution in [2.24, 2.45) is 0 Å². The molecule has 0 amide bonds. The summed E-state index contributed by atoms with van der Waals surface area (Å²) in [6.45, 7) is 4.38. The van der Waals surface area contributed by atoms with Crippen LogP contribution >= 0.6 is 0 Å². The SMILES string of the molecule is CCCCCCCCCC(CCCCCCC(O)CCCCCC)S(=O)(=O)[O-].[K+]. The molecule has 0 saturated carbocycles. The van der Waals surface area contributed by atoms with E-state index < -0.39 is 15.4 Å². The van der Waals surface area contributed by atoms with Gasteiger partial charge in [0.2, 0.25) is 0 Å². The standard InChI is InChI=1S/C23H48O4S.K/c1-3-5-7-9-10-11-16-20-23(28(25,26)27)21-17-13-12-15-19-22(24)18-14-8-6-4-2;/h22-24H,3-21H2,1-2H3,(H,25,26,27);/q;+1/p-1. The van der Waals surface area contributed by atoms with Crippen molar-refractivity contribution in [3.05, 3.63) is 0 Å². The van der Waals surface area contributed by atoms with E-state index in [9.17, 15) is 18.1 Å². The smallest absolute Gasteiger partial charge is 0.748 e. The van der Waals surface area contributed by atoms with Gasteiger partial charge >= 0.3 is 51.4 Å². The summed E-state index contributed by atoms with van der Waals surface area (Å²) in [5.41, 5.74) is 0. The number of rotatable bonds is 21. The summed E-state index contributed by atoms with van der Waals surface area (Å²) in [5, 5.41) is 9.27. The molecule has 0 aromatic heterocycles. The number of hydrogen-bond donors (Lipinski definition) is 1. The maximum Gasteiger partial charge on any atom is 1.00 e. The molecule has 0 aliphatic rings. The fraction of sp³-hybridized carbons (Fsp3) is 1.00. The van der Waals surface area contributed by atoms with Gasteiger partial charge in [0.15, 0.2) is 0 Å². The predicted molar refractivity (Wildman–Crippen MR) is 119 cm³/mol. The van der Waals surface area contributed by atoms with Gasteiger partial charge in [-0.2, -0.15) is 0 Å². The Morgan fingerprint density at radius 2 is 0.931 bits per heavy atom. The summed E-state index contributed by atoms with van der Waals surface area (Å²) in [6.07, 6.45) is 19.1. The molecule has 0 radical (unpaired) electrons. The molecule has 1 N–H and O–H groups in total. The molecular weight excluding hydrogens is 411 g/mol. The van der Waals surface area contributed by atoms with Crippen LogP contribution in [-0.4, -0.2) is 29.4 Å². The maximum absolute atomic E-state index is 11.5. The molecule has 0 aromatic carbocycles. The van der Waals surface area contributed by atoms with E-state index in [1.807, 2.05) is 0 Å². The van der Waals surface area contributed by atoms with Crippen molar-refractivity contribution in [3.8, 4) is 0 Å². The zero-order chi connectivity index (χ0) is 21.1. The maximum atomic E-state index is 11.5. The van der Waals surface area contributed by atoms with E-state index in [2.05, 4.69) is 13.8 Å². The van der Waals surface area contributed by atoms with Crippen LogP contribution in [-0.2, 0) is 10.1 Å². The van der Waals surface area contributed by atoms with Gasteiger partial charge in [0.25, 0.3) is 0 Å². The minimum Gasteiger partial charge on any atom is -0.748 e. The van der Waals surface area contributed by atoms with Gasteiger partial charge in [-0.15, -0.1) is 0 Å². The van der Waals surface area contributed by atoms with E-state index in [0.29, 0.717) is 12.8 Å². The molecule has 6 heteroatoms. The first-order chi connectivity index (χ1) is 13.4. The average molecular weight is 459 g/mol. The Bertz CT molecular complexity index is 429. The van der Waals surface area contributed by atoms with Gasteiger partial charge in [-0.3, -0.25) is 0 Å². The third-order valence-corrected chi connectivity index (χ3v) is 7.03. The molecular formula is C23H47KO4S. The van der Waals surface area contributed by atoms with Crippen molar-refractivity contribution >= 4 is 10.1 Å². The molecule has 0 aliphatic carbocycles. The Morgan fingerprint density at radius 1 is 0.621 bits per heavy atom. The molecule has 2 atom stereocenters. The summed E-state index contributed by atoms with van der Waals surface area (Å²) < 4.78 is 34.5. The Hall–Kier alpha value is 1.51. The summed E-state index contributed by atoms with van der Waals surface area (Å²) in [7, 11) is -4.18. The van der Waals surface area contributed by atoms with Crippen LogP contribution in [0.2, 0.25) is 0 Å². The van der Waals surface area contributed by atoms with E-state index in [1.165, 1.54) is 44.9 Å². The molecule has 0 saturated heterocycles. The average Bonchev–Trinajstić information content (AvgIpc) is 2.64. The van der Waals surface area contributed by atoms with Gasteiger partial charge in [-0.1, -0.05) is 110 Å². The van der Waals surface area contributed by atoms with Gasteiger partial charge in [-0.05, 0) is 25.7 Å². The van der Waals surface area contributed by atoms with Crippen molar-refractivity contribution in [2.45, 2.75) is 147 Å². The Morgan fingerprint density at radius 3 is 1.31 bits per heavy atom. The summed E-state index contributed by atoms with van der Waals surface area (Å²) in [5.74, 6) is 0.